The minimum absolute atomic E-state index is 0.00234. The van der Waals surface area contributed by atoms with Crippen molar-refractivity contribution in [2.75, 3.05) is 6.61 Å². The van der Waals surface area contributed by atoms with Crippen molar-refractivity contribution >= 4 is 8.56 Å². The van der Waals surface area contributed by atoms with Crippen LogP contribution in [0.1, 0.15) is 6.92 Å². The summed E-state index contributed by atoms with van der Waals surface area (Å²) < 4.78 is 85.9. The number of rotatable bonds is 2. The van der Waals surface area contributed by atoms with E-state index in [9.17, 15) is 26.3 Å². The van der Waals surface area contributed by atoms with Crippen LogP contribution in [0.25, 0.3) is 0 Å². The molecule has 0 bridgehead atoms. The van der Waals surface area contributed by atoms with Crippen LogP contribution >= 0.6 is 0 Å². The summed E-state index contributed by atoms with van der Waals surface area (Å²) in [5.41, 5.74) is -4.26. The predicted octanol–water partition coefficient (Wildman–Crippen LogP) is 3.54. The maximum absolute atomic E-state index is 12.7. The van der Waals surface area contributed by atoms with Gasteiger partial charge < -0.3 is 8.85 Å². The van der Waals surface area contributed by atoms with E-state index in [0.29, 0.717) is 0 Å². The highest BCUT2D eigenvalue weighted by atomic mass is 28.4. The Balaban J connectivity index is 3.23. The molecule has 0 aliphatic carbocycles. The second-order valence-corrected chi connectivity index (χ2v) is 7.18. The molecule has 9 heteroatoms. The molecule has 0 amide bonds. The van der Waals surface area contributed by atoms with Gasteiger partial charge in [0.05, 0.1) is 0 Å². The molecule has 1 heterocycles. The minimum Gasteiger partial charge on any atom is -0.394 e. The average Bonchev–Trinajstić information content (AvgIpc) is 2.13. The van der Waals surface area contributed by atoms with E-state index >= 15 is 0 Å². The highest BCUT2D eigenvalue weighted by Gasteiger charge is 2.73. The lowest BCUT2D eigenvalue weighted by Crippen LogP contribution is -2.64. The van der Waals surface area contributed by atoms with Crippen LogP contribution in [0, 0.1) is 0 Å². The Hall–Kier alpha value is -0.543. The van der Waals surface area contributed by atoms with Gasteiger partial charge in [-0.05, 0) is 19.5 Å². The van der Waals surface area contributed by atoms with Crippen LogP contribution in [-0.2, 0) is 8.85 Å². The summed E-state index contributed by atoms with van der Waals surface area (Å²) in [6, 6.07) is -0.0469. The Kier molecular flexibility index (Phi) is 3.91. The predicted molar refractivity (Wildman–Crippen MR) is 53.1 cm³/mol. The zero-order valence-electron chi connectivity index (χ0n) is 9.65. The van der Waals surface area contributed by atoms with Gasteiger partial charge in [0.25, 0.3) is 5.60 Å². The molecule has 0 aromatic heterocycles. The lowest BCUT2D eigenvalue weighted by Gasteiger charge is -2.43. The molecule has 18 heavy (non-hydrogen) atoms. The summed E-state index contributed by atoms with van der Waals surface area (Å²) in [5, 5.41) is 0. The van der Waals surface area contributed by atoms with Gasteiger partial charge in [-0.25, -0.2) is 0 Å². The monoisotopic (exact) mass is 294 g/mol. The largest absolute Gasteiger partial charge is 0.429 e. The fraction of sp³-hybridized carbons (Fsp3) is 0.778. The molecule has 0 N–H and O–H groups in total. The Morgan fingerprint density at radius 2 is 1.72 bits per heavy atom. The van der Waals surface area contributed by atoms with Gasteiger partial charge in [0, 0.05) is 12.7 Å². The second-order valence-electron chi connectivity index (χ2n) is 4.01. The van der Waals surface area contributed by atoms with Crippen molar-refractivity contribution in [3.8, 4) is 0 Å². The molecule has 0 aromatic rings. The van der Waals surface area contributed by atoms with Crippen LogP contribution in [-0.4, -0.2) is 33.1 Å². The fourth-order valence-electron chi connectivity index (χ4n) is 1.71. The van der Waals surface area contributed by atoms with Crippen molar-refractivity contribution in [1.82, 2.24) is 0 Å². The Morgan fingerprint density at radius 3 is 2.11 bits per heavy atom. The van der Waals surface area contributed by atoms with Gasteiger partial charge >= 0.3 is 20.9 Å². The zero-order valence-corrected chi connectivity index (χ0v) is 10.7. The number of hydrogen-bond acceptors (Lipinski definition) is 2. The van der Waals surface area contributed by atoms with Crippen LogP contribution in [0.5, 0.6) is 0 Å². The van der Waals surface area contributed by atoms with E-state index in [4.69, 9.17) is 4.43 Å². The van der Waals surface area contributed by atoms with Crippen molar-refractivity contribution in [1.29, 1.82) is 0 Å². The number of hydrogen-bond donors (Lipinski definition) is 0. The number of alkyl halides is 6. The highest BCUT2D eigenvalue weighted by molar-refractivity contribution is 6.66. The molecule has 0 aromatic carbocycles. The van der Waals surface area contributed by atoms with E-state index in [1.165, 1.54) is 13.5 Å². The molecule has 106 valence electrons. The first-order chi connectivity index (χ1) is 7.97. The molecule has 0 saturated heterocycles. The van der Waals surface area contributed by atoms with Crippen LogP contribution in [0.15, 0.2) is 12.2 Å². The van der Waals surface area contributed by atoms with E-state index in [1.54, 1.807) is 0 Å². The summed E-state index contributed by atoms with van der Waals surface area (Å²) in [6.45, 7) is 2.68. The first kappa shape index (κ1) is 15.5. The lowest BCUT2D eigenvalue weighted by atomic mass is 10.0. The third kappa shape index (κ3) is 2.57. The smallest absolute Gasteiger partial charge is 0.394 e. The first-order valence-corrected chi connectivity index (χ1v) is 7.65. The molecule has 0 radical (unpaired) electrons. The van der Waals surface area contributed by atoms with E-state index < -0.39 is 26.5 Å². The van der Waals surface area contributed by atoms with E-state index in [-0.39, 0.29) is 18.7 Å². The normalized spacial score (nSPS) is 28.4. The quantitative estimate of drug-likeness (QED) is 0.440. The number of halogens is 6. The lowest BCUT2D eigenvalue weighted by molar-refractivity contribution is -0.344. The third-order valence-corrected chi connectivity index (χ3v) is 5.14. The van der Waals surface area contributed by atoms with Crippen molar-refractivity contribution in [3.05, 3.63) is 12.2 Å². The van der Waals surface area contributed by atoms with Gasteiger partial charge in [-0.1, -0.05) is 6.08 Å². The maximum atomic E-state index is 12.7. The molecular formula is C9H12F6O2Si. The van der Waals surface area contributed by atoms with Crippen LogP contribution < -0.4 is 0 Å². The molecule has 0 spiro atoms. The molecule has 0 saturated carbocycles. The molecule has 1 unspecified atom stereocenters. The van der Waals surface area contributed by atoms with Gasteiger partial charge in [-0.2, -0.15) is 26.3 Å². The van der Waals surface area contributed by atoms with Crippen molar-refractivity contribution in [2.24, 2.45) is 0 Å². The van der Waals surface area contributed by atoms with E-state index in [2.05, 4.69) is 4.43 Å². The Bertz CT molecular complexity index is 323. The van der Waals surface area contributed by atoms with E-state index in [0.717, 1.165) is 6.08 Å². The molecular weight excluding hydrogens is 282 g/mol. The van der Waals surface area contributed by atoms with Gasteiger partial charge in [0.1, 0.15) is 0 Å². The summed E-state index contributed by atoms with van der Waals surface area (Å²) in [5.74, 6) is 0. The molecule has 0 fully saturated rings. The molecule has 1 aliphatic heterocycles. The highest BCUT2D eigenvalue weighted by Crippen LogP contribution is 2.50. The number of allylic oxidation sites excluding steroid dienone is 1. The van der Waals surface area contributed by atoms with Crippen LogP contribution in [0.3, 0.4) is 0 Å². The van der Waals surface area contributed by atoms with Crippen LogP contribution in [0.4, 0.5) is 26.3 Å². The minimum atomic E-state index is -5.58. The first-order valence-electron chi connectivity index (χ1n) is 5.13. The van der Waals surface area contributed by atoms with Gasteiger partial charge in [0.15, 0.2) is 0 Å². The molecule has 1 aliphatic rings. The summed E-state index contributed by atoms with van der Waals surface area (Å²) in [6.07, 6.45) is -10.3. The Morgan fingerprint density at radius 1 is 1.22 bits per heavy atom. The van der Waals surface area contributed by atoms with Gasteiger partial charge in [-0.15, -0.1) is 0 Å². The van der Waals surface area contributed by atoms with Crippen molar-refractivity contribution in [2.45, 2.75) is 37.5 Å². The SMILES string of the molecule is CCO[Si]1(C)CC=CC(C(F)(F)F)(C(F)(F)F)O1. The maximum Gasteiger partial charge on any atom is 0.429 e. The molecule has 2 nitrogen and oxygen atoms in total. The Labute approximate surface area is 101 Å². The van der Waals surface area contributed by atoms with Crippen molar-refractivity contribution in [3.63, 3.8) is 0 Å². The fourth-order valence-corrected chi connectivity index (χ4v) is 4.11. The third-order valence-electron chi connectivity index (χ3n) is 2.51. The van der Waals surface area contributed by atoms with Gasteiger partial charge in [-0.3, -0.25) is 0 Å². The average molecular weight is 294 g/mol. The second kappa shape index (κ2) is 4.53. The summed E-state index contributed by atoms with van der Waals surface area (Å²) in [4.78, 5) is 0. The molecule has 1 rings (SSSR count). The van der Waals surface area contributed by atoms with E-state index in [1.807, 2.05) is 0 Å². The molecule has 1 atom stereocenters. The standard InChI is InChI=1S/C9H12F6O2Si/c1-3-16-18(2)6-4-5-7(17-18,8(10,11)12)9(13,14)15/h4-5H,3,6H2,1-2H3. The zero-order chi connectivity index (χ0) is 14.2. The summed E-state index contributed by atoms with van der Waals surface area (Å²) in [7, 11) is -3.52. The van der Waals surface area contributed by atoms with Crippen molar-refractivity contribution < 1.29 is 35.2 Å². The summed E-state index contributed by atoms with van der Waals surface area (Å²) >= 11 is 0. The van der Waals surface area contributed by atoms with Gasteiger partial charge in [0.2, 0.25) is 0 Å². The topological polar surface area (TPSA) is 18.5 Å². The van der Waals surface area contributed by atoms with Crippen LogP contribution in [0.2, 0.25) is 12.6 Å².